The van der Waals surface area contributed by atoms with Crippen LogP contribution in [0.5, 0.6) is 17.2 Å². The van der Waals surface area contributed by atoms with Crippen LogP contribution in [0.1, 0.15) is 50.5 Å². The van der Waals surface area contributed by atoms with Gasteiger partial charge in [0.2, 0.25) is 17.6 Å². The zero-order valence-electron chi connectivity index (χ0n) is 23.8. The van der Waals surface area contributed by atoms with E-state index < -0.39 is 45.2 Å². The highest BCUT2D eigenvalue weighted by Gasteiger charge is 2.75. The van der Waals surface area contributed by atoms with Gasteiger partial charge in [-0.2, -0.15) is 0 Å². The topological polar surface area (TPSA) is 113 Å². The van der Waals surface area contributed by atoms with Crippen molar-refractivity contribution in [3.63, 3.8) is 0 Å². The van der Waals surface area contributed by atoms with Gasteiger partial charge in [0.1, 0.15) is 0 Å². The summed E-state index contributed by atoms with van der Waals surface area (Å²) >= 11 is 14.4. The van der Waals surface area contributed by atoms with Crippen LogP contribution in [-0.4, -0.2) is 75.6 Å². The number of aromatic hydroxyl groups is 1. The van der Waals surface area contributed by atoms with Gasteiger partial charge >= 0.3 is 0 Å². The first-order chi connectivity index (χ1) is 20.0. The van der Waals surface area contributed by atoms with Gasteiger partial charge in [-0.05, 0) is 49.3 Å². The minimum Gasteiger partial charge on any atom is -0.502 e. The molecule has 6 atom stereocenters. The highest BCUT2D eigenvalue weighted by molar-refractivity contribution is 6.53. The first-order valence-corrected chi connectivity index (χ1v) is 15.2. The third-order valence-electron chi connectivity index (χ3n) is 10.0. The number of nitrogens with zero attached hydrogens (tertiary/aromatic N) is 2. The lowest BCUT2D eigenvalue weighted by molar-refractivity contribution is -0.144. The van der Waals surface area contributed by atoms with Crippen LogP contribution in [-0.2, 0) is 19.2 Å². The molecule has 0 bridgehead atoms. The van der Waals surface area contributed by atoms with Crippen molar-refractivity contribution in [2.75, 3.05) is 21.3 Å². The molecule has 0 spiro atoms. The molecule has 11 heteroatoms. The molecular weight excluding hydrogens is 583 g/mol. The number of carbonyl (C=O) groups is 4. The van der Waals surface area contributed by atoms with Crippen molar-refractivity contribution in [1.29, 1.82) is 0 Å². The Bertz CT molecular complexity index is 1410. The Hall–Kier alpha value is -3.04. The minimum atomic E-state index is -1.84. The second-order valence-corrected chi connectivity index (χ2v) is 13.3. The standard InChI is InChI=1S/C31H34Cl2N2O7/c1-34-28(39)30(32)15-20-18(10-11-19-24(20)27(38)35(26(19)37)17-7-5-4-6-8-17)21(31(30,33)29(34)40)12-9-16-13-22(41-2)25(36)23(14-16)42-3/h9-10,12-14,17,19-21,24,36H,4-8,11,15H2,1-3H3/t19-,20+,21-,24-,30+,31-/m0/s1. The van der Waals surface area contributed by atoms with Crippen LogP contribution in [0.2, 0.25) is 0 Å². The van der Waals surface area contributed by atoms with Crippen molar-refractivity contribution >= 4 is 52.9 Å². The van der Waals surface area contributed by atoms with Crippen molar-refractivity contribution in [1.82, 2.24) is 9.80 Å². The number of rotatable bonds is 5. The van der Waals surface area contributed by atoms with Gasteiger partial charge in [-0.1, -0.05) is 43.1 Å². The normalized spacial score (nSPS) is 34.9. The van der Waals surface area contributed by atoms with Crippen molar-refractivity contribution in [3.05, 3.63) is 35.4 Å². The Morgan fingerprint density at radius 3 is 2.21 bits per heavy atom. The summed E-state index contributed by atoms with van der Waals surface area (Å²) in [6, 6.07) is 3.09. The lowest BCUT2D eigenvalue weighted by atomic mass is 9.57. The second kappa shape index (κ2) is 10.3. The summed E-state index contributed by atoms with van der Waals surface area (Å²) in [6.45, 7) is 0. The van der Waals surface area contributed by atoms with Gasteiger partial charge < -0.3 is 14.6 Å². The highest BCUT2D eigenvalue weighted by Crippen LogP contribution is 2.63. The third kappa shape index (κ3) is 3.88. The summed E-state index contributed by atoms with van der Waals surface area (Å²) in [4.78, 5) is 53.7. The Morgan fingerprint density at radius 2 is 1.60 bits per heavy atom. The number of likely N-dealkylation sites (tertiary alicyclic amines) is 2. The lowest BCUT2D eigenvalue weighted by Crippen LogP contribution is -2.60. The van der Waals surface area contributed by atoms with E-state index in [1.54, 1.807) is 24.3 Å². The molecule has 2 saturated carbocycles. The molecule has 224 valence electrons. The van der Waals surface area contributed by atoms with Gasteiger partial charge in [0.25, 0.3) is 11.8 Å². The van der Waals surface area contributed by atoms with Crippen molar-refractivity contribution in [2.24, 2.45) is 23.7 Å². The van der Waals surface area contributed by atoms with Gasteiger partial charge in [-0.25, -0.2) is 0 Å². The van der Waals surface area contributed by atoms with Crippen LogP contribution in [0.4, 0.5) is 0 Å². The molecule has 0 aromatic heterocycles. The number of alkyl halides is 2. The Morgan fingerprint density at radius 1 is 0.952 bits per heavy atom. The summed E-state index contributed by atoms with van der Waals surface area (Å²) in [5.41, 5.74) is 1.32. The maximum atomic E-state index is 14.0. The average Bonchev–Trinajstić information content (AvgIpc) is 3.32. The van der Waals surface area contributed by atoms with Crippen LogP contribution < -0.4 is 9.47 Å². The number of halogens is 2. The molecule has 4 amide bonds. The van der Waals surface area contributed by atoms with Crippen LogP contribution in [0, 0.1) is 23.7 Å². The number of phenolic OH excluding ortho intramolecular Hbond substituents is 1. The number of amides is 4. The summed E-state index contributed by atoms with van der Waals surface area (Å²) in [5.74, 6) is -3.97. The molecule has 0 unspecified atom stereocenters. The third-order valence-corrected chi connectivity index (χ3v) is 11.5. The summed E-state index contributed by atoms with van der Waals surface area (Å²) in [6.07, 6.45) is 10.3. The smallest absolute Gasteiger partial charge is 0.253 e. The molecule has 2 heterocycles. The fourth-order valence-corrected chi connectivity index (χ4v) is 8.91. The zero-order chi connectivity index (χ0) is 30.1. The van der Waals surface area contributed by atoms with Crippen molar-refractivity contribution < 1.29 is 33.8 Å². The van der Waals surface area contributed by atoms with Gasteiger partial charge in [-0.15, -0.1) is 23.2 Å². The molecular formula is C31H34Cl2N2O7. The molecule has 9 nitrogen and oxygen atoms in total. The highest BCUT2D eigenvalue weighted by atomic mass is 35.5. The number of allylic oxidation sites excluding steroid dienone is 3. The lowest BCUT2D eigenvalue weighted by Gasteiger charge is -2.49. The molecule has 3 aliphatic carbocycles. The monoisotopic (exact) mass is 616 g/mol. The number of benzene rings is 1. The fourth-order valence-electron chi connectivity index (χ4n) is 7.93. The van der Waals surface area contributed by atoms with E-state index in [0.717, 1.165) is 42.6 Å². The number of hydrogen-bond donors (Lipinski definition) is 1. The van der Waals surface area contributed by atoms with E-state index in [0.29, 0.717) is 12.0 Å². The summed E-state index contributed by atoms with van der Waals surface area (Å²) in [7, 11) is 4.20. The molecule has 1 aromatic carbocycles. The number of fused-ring (bicyclic) bond motifs is 4. The molecule has 1 aromatic rings. The predicted octanol–water partition coefficient (Wildman–Crippen LogP) is 4.28. The van der Waals surface area contributed by atoms with Crippen LogP contribution in [0.25, 0.3) is 6.08 Å². The van der Waals surface area contributed by atoms with Crippen LogP contribution in [0.3, 0.4) is 0 Å². The molecule has 4 fully saturated rings. The van der Waals surface area contributed by atoms with Gasteiger partial charge in [0.05, 0.1) is 26.1 Å². The predicted molar refractivity (Wildman–Crippen MR) is 155 cm³/mol. The Labute approximate surface area is 254 Å². The molecule has 5 aliphatic rings. The van der Waals surface area contributed by atoms with Crippen molar-refractivity contribution in [2.45, 2.75) is 60.7 Å². The number of imide groups is 2. The van der Waals surface area contributed by atoms with E-state index in [9.17, 15) is 24.3 Å². The molecule has 1 N–H and O–H groups in total. The van der Waals surface area contributed by atoms with E-state index >= 15 is 0 Å². The largest absolute Gasteiger partial charge is 0.502 e. The minimum absolute atomic E-state index is 0.0251. The molecule has 42 heavy (non-hydrogen) atoms. The molecule has 0 radical (unpaired) electrons. The van der Waals surface area contributed by atoms with E-state index in [-0.39, 0.29) is 41.5 Å². The maximum Gasteiger partial charge on any atom is 0.253 e. The number of methoxy groups -OCH3 is 2. The number of carbonyl (C=O) groups excluding carboxylic acids is 4. The van der Waals surface area contributed by atoms with Gasteiger partial charge in [0.15, 0.2) is 21.2 Å². The van der Waals surface area contributed by atoms with Gasteiger partial charge in [-0.3, -0.25) is 29.0 Å². The molecule has 2 aliphatic heterocycles. The van der Waals surface area contributed by atoms with Crippen LogP contribution >= 0.6 is 23.2 Å². The SMILES string of the molecule is COc1cc(C=C[C@H]2C3=CC[C@@H]4C(=O)N(C5CCCCC5)C(=O)[C@@H]4[C@@H]3C[C@@]3(Cl)C(=O)N(C)C(=O)[C@@]23Cl)cc(OC)c1O. The first kappa shape index (κ1) is 29.1. The summed E-state index contributed by atoms with van der Waals surface area (Å²) < 4.78 is 10.6. The Kier molecular flexibility index (Phi) is 7.12. The first-order valence-electron chi connectivity index (χ1n) is 14.4. The average molecular weight is 618 g/mol. The zero-order valence-corrected chi connectivity index (χ0v) is 25.3. The molecule has 6 rings (SSSR count). The summed E-state index contributed by atoms with van der Waals surface area (Å²) in [5, 5.41) is 10.4. The van der Waals surface area contributed by atoms with Crippen LogP contribution in [0.15, 0.2) is 29.9 Å². The number of hydrogen-bond acceptors (Lipinski definition) is 7. The number of phenols is 1. The second-order valence-electron chi connectivity index (χ2n) is 12.0. The van der Waals surface area contributed by atoms with E-state index in [1.807, 2.05) is 6.08 Å². The van der Waals surface area contributed by atoms with E-state index in [2.05, 4.69) is 0 Å². The fraction of sp³-hybridized carbons (Fsp3) is 0.548. The van der Waals surface area contributed by atoms with Crippen molar-refractivity contribution in [3.8, 4) is 17.2 Å². The van der Waals surface area contributed by atoms with E-state index in [4.69, 9.17) is 32.7 Å². The van der Waals surface area contributed by atoms with E-state index in [1.165, 1.54) is 26.2 Å². The quantitative estimate of drug-likeness (QED) is 0.298. The Balaban J connectivity index is 1.44. The number of ether oxygens (including phenoxy) is 2. The molecule has 2 saturated heterocycles. The maximum absolute atomic E-state index is 14.0. The van der Waals surface area contributed by atoms with Gasteiger partial charge in [0, 0.05) is 19.0 Å².